The van der Waals surface area contributed by atoms with E-state index in [1.807, 2.05) is 27.7 Å². The van der Waals surface area contributed by atoms with Crippen molar-refractivity contribution in [3.8, 4) is 0 Å². The molecule has 1 amide bonds. The molecule has 0 fully saturated rings. The van der Waals surface area contributed by atoms with Gasteiger partial charge in [0.25, 0.3) is 0 Å². The van der Waals surface area contributed by atoms with Gasteiger partial charge < -0.3 is 33.3 Å². The van der Waals surface area contributed by atoms with Crippen LogP contribution in [-0.2, 0) is 33.2 Å². The maximum atomic E-state index is 11.8. The highest BCUT2D eigenvalue weighted by Crippen LogP contribution is 2.08. The second kappa shape index (κ2) is 17.4. The standard InChI is InChI=1S/C20H39NO8/c1-6-7-18(22)28-17-16-27-15-14-26-13-12-25-11-10-24-9-8-21(5)19(23)29-20(2,3)4/h6-17H2,1-5H3. The van der Waals surface area contributed by atoms with E-state index >= 15 is 0 Å². The van der Waals surface area contributed by atoms with Crippen molar-refractivity contribution in [2.75, 3.05) is 73.1 Å². The zero-order valence-electron chi connectivity index (χ0n) is 18.7. The number of likely N-dealkylation sites (N-methyl/N-ethyl adjacent to an activating group) is 1. The van der Waals surface area contributed by atoms with Crippen LogP contribution < -0.4 is 0 Å². The molecule has 0 aliphatic rings. The number of amides is 1. The van der Waals surface area contributed by atoms with Gasteiger partial charge in [-0.15, -0.1) is 0 Å². The molecule has 0 aromatic carbocycles. The first-order valence-corrected chi connectivity index (χ1v) is 10.2. The van der Waals surface area contributed by atoms with Crippen molar-refractivity contribution in [1.29, 1.82) is 0 Å². The summed E-state index contributed by atoms with van der Waals surface area (Å²) in [6.07, 6.45) is 0.862. The molecule has 29 heavy (non-hydrogen) atoms. The van der Waals surface area contributed by atoms with E-state index in [1.165, 1.54) is 4.90 Å². The number of rotatable bonds is 17. The molecule has 172 valence electrons. The van der Waals surface area contributed by atoms with Crippen LogP contribution in [0.2, 0.25) is 0 Å². The molecular formula is C20H39NO8. The van der Waals surface area contributed by atoms with E-state index in [1.54, 1.807) is 7.05 Å². The van der Waals surface area contributed by atoms with Crippen LogP contribution in [0.1, 0.15) is 40.5 Å². The van der Waals surface area contributed by atoms with Crippen LogP contribution in [0.4, 0.5) is 4.79 Å². The number of hydrogen-bond donors (Lipinski definition) is 0. The van der Waals surface area contributed by atoms with Crippen LogP contribution in [0, 0.1) is 0 Å². The van der Waals surface area contributed by atoms with Gasteiger partial charge in [-0.1, -0.05) is 6.92 Å². The number of hydrogen-bond acceptors (Lipinski definition) is 8. The summed E-state index contributed by atoms with van der Waals surface area (Å²) in [5, 5.41) is 0. The van der Waals surface area contributed by atoms with E-state index in [0.29, 0.717) is 65.8 Å². The fourth-order valence-electron chi connectivity index (χ4n) is 1.89. The summed E-state index contributed by atoms with van der Waals surface area (Å²) in [7, 11) is 1.67. The third kappa shape index (κ3) is 19.7. The predicted octanol–water partition coefficient (Wildman–Crippen LogP) is 2.26. The Morgan fingerprint density at radius 3 is 1.66 bits per heavy atom. The third-order valence-electron chi connectivity index (χ3n) is 3.34. The topological polar surface area (TPSA) is 92.8 Å². The number of carbonyl (C=O) groups excluding carboxylic acids is 2. The molecular weight excluding hydrogens is 382 g/mol. The zero-order chi connectivity index (χ0) is 22.0. The minimum atomic E-state index is -0.503. The molecule has 0 spiro atoms. The monoisotopic (exact) mass is 421 g/mol. The predicted molar refractivity (Wildman–Crippen MR) is 108 cm³/mol. The second-order valence-corrected chi connectivity index (χ2v) is 7.32. The molecule has 0 aliphatic heterocycles. The molecule has 0 saturated carbocycles. The lowest BCUT2D eigenvalue weighted by Gasteiger charge is -2.24. The summed E-state index contributed by atoms with van der Waals surface area (Å²) in [4.78, 5) is 24.4. The number of nitrogens with zero attached hydrogens (tertiary/aromatic N) is 1. The van der Waals surface area contributed by atoms with Crippen molar-refractivity contribution in [2.45, 2.75) is 46.1 Å². The summed E-state index contributed by atoms with van der Waals surface area (Å²) in [5.41, 5.74) is -0.503. The summed E-state index contributed by atoms with van der Waals surface area (Å²) >= 11 is 0. The Hall–Kier alpha value is -1.42. The van der Waals surface area contributed by atoms with Crippen LogP contribution in [0.3, 0.4) is 0 Å². The number of esters is 1. The first-order chi connectivity index (χ1) is 13.8. The maximum Gasteiger partial charge on any atom is 0.410 e. The molecule has 0 rings (SSSR count). The second-order valence-electron chi connectivity index (χ2n) is 7.32. The van der Waals surface area contributed by atoms with Crippen LogP contribution in [-0.4, -0.2) is 95.6 Å². The van der Waals surface area contributed by atoms with E-state index in [9.17, 15) is 9.59 Å². The summed E-state index contributed by atoms with van der Waals surface area (Å²) < 4.78 is 31.7. The van der Waals surface area contributed by atoms with Crippen molar-refractivity contribution in [3.05, 3.63) is 0 Å². The Morgan fingerprint density at radius 1 is 0.759 bits per heavy atom. The fourth-order valence-corrected chi connectivity index (χ4v) is 1.89. The largest absolute Gasteiger partial charge is 0.463 e. The Balaban J connectivity index is 3.30. The van der Waals surface area contributed by atoms with Gasteiger partial charge in [0, 0.05) is 20.0 Å². The van der Waals surface area contributed by atoms with E-state index in [-0.39, 0.29) is 18.7 Å². The number of carbonyl (C=O) groups is 2. The normalized spacial score (nSPS) is 11.3. The molecule has 0 N–H and O–H groups in total. The van der Waals surface area contributed by atoms with Gasteiger partial charge in [0.15, 0.2) is 0 Å². The third-order valence-corrected chi connectivity index (χ3v) is 3.34. The molecule has 0 radical (unpaired) electrons. The molecule has 9 nitrogen and oxygen atoms in total. The molecule has 0 aromatic heterocycles. The Morgan fingerprint density at radius 2 is 1.21 bits per heavy atom. The van der Waals surface area contributed by atoms with E-state index < -0.39 is 5.60 Å². The fraction of sp³-hybridized carbons (Fsp3) is 0.900. The lowest BCUT2D eigenvalue weighted by molar-refractivity contribution is -0.145. The Bertz CT molecular complexity index is 425. The van der Waals surface area contributed by atoms with Crippen molar-refractivity contribution in [2.24, 2.45) is 0 Å². The molecule has 0 bridgehead atoms. The van der Waals surface area contributed by atoms with Crippen LogP contribution in [0.5, 0.6) is 0 Å². The van der Waals surface area contributed by atoms with Crippen molar-refractivity contribution in [1.82, 2.24) is 4.90 Å². The first-order valence-electron chi connectivity index (χ1n) is 10.2. The molecule has 0 unspecified atom stereocenters. The van der Waals surface area contributed by atoms with Gasteiger partial charge in [-0.2, -0.15) is 0 Å². The minimum Gasteiger partial charge on any atom is -0.463 e. The van der Waals surface area contributed by atoms with Gasteiger partial charge in [-0.05, 0) is 27.2 Å². The van der Waals surface area contributed by atoms with Crippen LogP contribution >= 0.6 is 0 Å². The molecule has 0 aliphatic carbocycles. The average molecular weight is 422 g/mol. The van der Waals surface area contributed by atoms with Crippen LogP contribution in [0.25, 0.3) is 0 Å². The Labute approximate surface area is 174 Å². The average Bonchev–Trinajstić information content (AvgIpc) is 2.63. The summed E-state index contributed by atoms with van der Waals surface area (Å²) in [5.74, 6) is -0.191. The van der Waals surface area contributed by atoms with Crippen molar-refractivity contribution < 1.29 is 38.0 Å². The van der Waals surface area contributed by atoms with Gasteiger partial charge in [-0.25, -0.2) is 4.79 Å². The highest BCUT2D eigenvalue weighted by atomic mass is 16.6. The van der Waals surface area contributed by atoms with E-state index in [2.05, 4.69) is 0 Å². The highest BCUT2D eigenvalue weighted by molar-refractivity contribution is 5.69. The van der Waals surface area contributed by atoms with Crippen molar-refractivity contribution in [3.63, 3.8) is 0 Å². The Kier molecular flexibility index (Phi) is 16.6. The van der Waals surface area contributed by atoms with E-state index in [4.69, 9.17) is 28.4 Å². The molecule has 0 saturated heterocycles. The van der Waals surface area contributed by atoms with Gasteiger partial charge in [-0.3, -0.25) is 4.79 Å². The highest BCUT2D eigenvalue weighted by Gasteiger charge is 2.19. The zero-order valence-corrected chi connectivity index (χ0v) is 18.7. The lowest BCUT2D eigenvalue weighted by Crippen LogP contribution is -2.36. The first kappa shape index (κ1) is 27.6. The lowest BCUT2D eigenvalue weighted by atomic mass is 10.2. The molecule has 0 heterocycles. The molecule has 9 heteroatoms. The summed E-state index contributed by atoms with van der Waals surface area (Å²) in [6, 6.07) is 0. The van der Waals surface area contributed by atoms with Crippen molar-refractivity contribution >= 4 is 12.1 Å². The van der Waals surface area contributed by atoms with Gasteiger partial charge in [0.1, 0.15) is 12.2 Å². The van der Waals surface area contributed by atoms with Gasteiger partial charge >= 0.3 is 12.1 Å². The minimum absolute atomic E-state index is 0.191. The summed E-state index contributed by atoms with van der Waals surface area (Å²) in [6.45, 7) is 11.7. The maximum absolute atomic E-state index is 11.8. The molecule has 0 aromatic rings. The van der Waals surface area contributed by atoms with E-state index in [0.717, 1.165) is 6.42 Å². The molecule has 0 atom stereocenters. The smallest absolute Gasteiger partial charge is 0.410 e. The number of ether oxygens (including phenoxy) is 6. The quantitative estimate of drug-likeness (QED) is 0.261. The van der Waals surface area contributed by atoms with Gasteiger partial charge in [0.05, 0.1) is 52.9 Å². The van der Waals surface area contributed by atoms with Gasteiger partial charge in [0.2, 0.25) is 0 Å². The van der Waals surface area contributed by atoms with Crippen LogP contribution in [0.15, 0.2) is 0 Å². The SMILES string of the molecule is CCCC(=O)OCCOCCOCCOCCOCCN(C)C(=O)OC(C)(C)C.